The van der Waals surface area contributed by atoms with E-state index in [1.807, 2.05) is 54.6 Å². The molecule has 5 heteroatoms. The number of carbonyl (C=O) groups is 1. The van der Waals surface area contributed by atoms with Crippen molar-refractivity contribution in [3.05, 3.63) is 66.4 Å². The van der Waals surface area contributed by atoms with E-state index in [9.17, 15) is 4.79 Å². The minimum absolute atomic E-state index is 0.0550. The number of amides is 1. The summed E-state index contributed by atoms with van der Waals surface area (Å²) in [6.07, 6.45) is 1.84. The minimum Gasteiger partial charge on any atom is -0.486 e. The van der Waals surface area contributed by atoms with Gasteiger partial charge in [-0.3, -0.25) is 9.78 Å². The van der Waals surface area contributed by atoms with Crippen molar-refractivity contribution in [2.24, 2.45) is 0 Å². The molecule has 0 radical (unpaired) electrons. The average Bonchev–Trinajstić information content (AvgIpc) is 2.66. The van der Waals surface area contributed by atoms with Crippen LogP contribution in [0.25, 0.3) is 10.9 Å². The molecule has 0 fully saturated rings. The summed E-state index contributed by atoms with van der Waals surface area (Å²) in [5.74, 6) is 1.40. The number of aromatic nitrogens is 1. The van der Waals surface area contributed by atoms with Crippen molar-refractivity contribution in [1.29, 1.82) is 0 Å². The first-order chi connectivity index (χ1) is 12.3. The van der Waals surface area contributed by atoms with Gasteiger partial charge in [0, 0.05) is 11.6 Å². The maximum absolute atomic E-state index is 12.3. The van der Waals surface area contributed by atoms with Crippen LogP contribution in [-0.2, 0) is 11.2 Å². The summed E-state index contributed by atoms with van der Waals surface area (Å²) in [7, 11) is 0. The number of benzene rings is 2. The van der Waals surface area contributed by atoms with Crippen LogP contribution in [0.4, 0.5) is 0 Å². The van der Waals surface area contributed by atoms with Crippen molar-refractivity contribution >= 4 is 16.8 Å². The summed E-state index contributed by atoms with van der Waals surface area (Å²) in [6.45, 7) is 0.832. The first-order valence-corrected chi connectivity index (χ1v) is 8.27. The molecule has 0 bridgehead atoms. The number of ether oxygens (including phenoxy) is 2. The number of hydrogen-bond acceptors (Lipinski definition) is 4. The highest BCUT2D eigenvalue weighted by molar-refractivity contribution is 5.87. The molecule has 0 saturated carbocycles. The highest BCUT2D eigenvalue weighted by atomic mass is 16.6. The number of nitrogens with one attached hydrogen (secondary N) is 1. The fourth-order valence-corrected chi connectivity index (χ4v) is 2.94. The second-order valence-electron chi connectivity index (χ2n) is 5.97. The smallest absolute Gasteiger partial charge is 0.224 e. The topological polar surface area (TPSA) is 60.5 Å². The molecule has 126 valence electrons. The summed E-state index contributed by atoms with van der Waals surface area (Å²) >= 11 is 0. The van der Waals surface area contributed by atoms with Gasteiger partial charge in [0.05, 0.1) is 18.5 Å². The Morgan fingerprint density at radius 2 is 1.92 bits per heavy atom. The Balaban J connectivity index is 1.37. The van der Waals surface area contributed by atoms with E-state index in [0.29, 0.717) is 25.3 Å². The molecule has 1 aliphatic rings. The fraction of sp³-hybridized carbons (Fsp3) is 0.200. The summed E-state index contributed by atoms with van der Waals surface area (Å²) < 4.78 is 11.5. The number of rotatable bonds is 4. The van der Waals surface area contributed by atoms with Crippen molar-refractivity contribution in [1.82, 2.24) is 10.3 Å². The minimum atomic E-state index is -0.190. The van der Waals surface area contributed by atoms with E-state index in [1.165, 1.54) is 0 Å². The Kier molecular flexibility index (Phi) is 4.21. The molecule has 1 aliphatic heterocycles. The maximum Gasteiger partial charge on any atom is 0.224 e. The Morgan fingerprint density at radius 1 is 1.08 bits per heavy atom. The molecule has 25 heavy (non-hydrogen) atoms. The third-order valence-corrected chi connectivity index (χ3v) is 4.16. The van der Waals surface area contributed by atoms with Gasteiger partial charge >= 0.3 is 0 Å². The highest BCUT2D eigenvalue weighted by Crippen LogP contribution is 2.30. The molecular weight excluding hydrogens is 316 g/mol. The largest absolute Gasteiger partial charge is 0.486 e. The van der Waals surface area contributed by atoms with Gasteiger partial charge < -0.3 is 14.8 Å². The highest BCUT2D eigenvalue weighted by Gasteiger charge is 2.21. The van der Waals surface area contributed by atoms with Crippen LogP contribution in [0, 0.1) is 0 Å². The third-order valence-electron chi connectivity index (χ3n) is 4.16. The second kappa shape index (κ2) is 6.81. The predicted molar refractivity (Wildman–Crippen MR) is 94.8 cm³/mol. The monoisotopic (exact) mass is 334 g/mol. The molecule has 3 aromatic rings. The van der Waals surface area contributed by atoms with Gasteiger partial charge in [-0.15, -0.1) is 0 Å². The van der Waals surface area contributed by atoms with Gasteiger partial charge in [0.15, 0.2) is 11.5 Å². The van der Waals surface area contributed by atoms with Crippen LogP contribution >= 0.6 is 0 Å². The van der Waals surface area contributed by atoms with E-state index in [-0.39, 0.29) is 12.0 Å². The summed E-state index contributed by atoms with van der Waals surface area (Å²) in [6, 6.07) is 17.3. The van der Waals surface area contributed by atoms with Gasteiger partial charge in [-0.2, -0.15) is 0 Å². The molecule has 2 heterocycles. The van der Waals surface area contributed by atoms with Crippen LogP contribution in [-0.4, -0.2) is 30.1 Å². The van der Waals surface area contributed by atoms with Crippen LogP contribution in [0.3, 0.4) is 0 Å². The molecular formula is C20H18N2O3. The molecule has 0 spiro atoms. The zero-order chi connectivity index (χ0) is 17.1. The van der Waals surface area contributed by atoms with Crippen LogP contribution < -0.4 is 14.8 Å². The Hall–Kier alpha value is -3.08. The number of fused-ring (bicyclic) bond motifs is 2. The Labute approximate surface area is 145 Å². The zero-order valence-electron chi connectivity index (χ0n) is 13.6. The third kappa shape index (κ3) is 3.40. The van der Waals surface area contributed by atoms with Gasteiger partial charge in [0.1, 0.15) is 12.7 Å². The molecule has 5 nitrogen and oxygen atoms in total. The van der Waals surface area contributed by atoms with E-state index in [4.69, 9.17) is 9.47 Å². The lowest BCUT2D eigenvalue weighted by molar-refractivity contribution is -0.120. The summed E-state index contributed by atoms with van der Waals surface area (Å²) in [5, 5.41) is 3.96. The lowest BCUT2D eigenvalue weighted by Gasteiger charge is -2.26. The van der Waals surface area contributed by atoms with Crippen LogP contribution in [0.1, 0.15) is 5.56 Å². The van der Waals surface area contributed by atoms with Crippen molar-refractivity contribution in [3.63, 3.8) is 0 Å². The molecule has 1 aromatic heterocycles. The maximum atomic E-state index is 12.3. The lowest BCUT2D eigenvalue weighted by Crippen LogP contribution is -2.41. The van der Waals surface area contributed by atoms with Crippen molar-refractivity contribution in [3.8, 4) is 11.5 Å². The standard InChI is InChI=1S/C20H18N2O3/c23-19(11-15-6-3-5-14-7-4-10-21-20(14)15)22-12-16-13-24-17-8-1-2-9-18(17)25-16/h1-10,16H,11-13H2,(H,22,23). The molecule has 1 N–H and O–H groups in total. The first-order valence-electron chi connectivity index (χ1n) is 8.27. The molecule has 0 saturated heterocycles. The van der Waals surface area contributed by atoms with E-state index < -0.39 is 0 Å². The van der Waals surface area contributed by atoms with Crippen LogP contribution in [0.5, 0.6) is 11.5 Å². The molecule has 1 atom stereocenters. The fourth-order valence-electron chi connectivity index (χ4n) is 2.94. The predicted octanol–water partition coefficient (Wildman–Crippen LogP) is 2.73. The second-order valence-corrected chi connectivity index (χ2v) is 5.97. The first kappa shape index (κ1) is 15.4. The van der Waals surface area contributed by atoms with Gasteiger partial charge in [-0.1, -0.05) is 36.4 Å². The van der Waals surface area contributed by atoms with Crippen LogP contribution in [0.15, 0.2) is 60.8 Å². The summed E-state index contributed by atoms with van der Waals surface area (Å²) in [4.78, 5) is 16.7. The molecule has 4 rings (SSSR count). The molecule has 1 amide bonds. The average molecular weight is 334 g/mol. The number of hydrogen-bond donors (Lipinski definition) is 1. The van der Waals surface area contributed by atoms with Crippen molar-refractivity contribution in [2.45, 2.75) is 12.5 Å². The normalized spacial score (nSPS) is 15.8. The lowest BCUT2D eigenvalue weighted by atomic mass is 10.1. The van der Waals surface area contributed by atoms with Gasteiger partial charge in [0.25, 0.3) is 0 Å². The van der Waals surface area contributed by atoms with Gasteiger partial charge in [-0.05, 0) is 23.8 Å². The number of para-hydroxylation sites is 3. The quantitative estimate of drug-likeness (QED) is 0.797. The number of nitrogens with zero attached hydrogens (tertiary/aromatic N) is 1. The molecule has 2 aromatic carbocycles. The van der Waals surface area contributed by atoms with Crippen molar-refractivity contribution in [2.75, 3.05) is 13.2 Å². The van der Waals surface area contributed by atoms with E-state index in [1.54, 1.807) is 6.20 Å². The van der Waals surface area contributed by atoms with Crippen LogP contribution in [0.2, 0.25) is 0 Å². The number of carbonyl (C=O) groups excluding carboxylic acids is 1. The van der Waals surface area contributed by atoms with Gasteiger partial charge in [-0.25, -0.2) is 0 Å². The zero-order valence-corrected chi connectivity index (χ0v) is 13.6. The molecule has 1 unspecified atom stereocenters. The summed E-state index contributed by atoms with van der Waals surface area (Å²) in [5.41, 5.74) is 1.79. The van der Waals surface area contributed by atoms with Gasteiger partial charge in [0.2, 0.25) is 5.91 Å². The number of pyridine rings is 1. The van der Waals surface area contributed by atoms with E-state index in [0.717, 1.165) is 22.2 Å². The van der Waals surface area contributed by atoms with E-state index >= 15 is 0 Å². The molecule has 0 aliphatic carbocycles. The Morgan fingerprint density at radius 3 is 2.84 bits per heavy atom. The van der Waals surface area contributed by atoms with Crippen molar-refractivity contribution < 1.29 is 14.3 Å². The Bertz CT molecular complexity index is 905. The van der Waals surface area contributed by atoms with E-state index in [2.05, 4.69) is 10.3 Å². The SMILES string of the molecule is O=C(Cc1cccc2cccnc12)NCC1COc2ccccc2O1.